The number of hydrogen-bond acceptors (Lipinski definition) is 1. The van der Waals surface area contributed by atoms with Gasteiger partial charge in [0, 0.05) is 19.6 Å². The first kappa shape index (κ1) is 23.4. The summed E-state index contributed by atoms with van der Waals surface area (Å²) in [6.07, 6.45) is 1.75. The summed E-state index contributed by atoms with van der Waals surface area (Å²) in [5.41, 5.74) is 2.31. The summed E-state index contributed by atoms with van der Waals surface area (Å²) in [5.74, 6) is 1.49. The van der Waals surface area contributed by atoms with Crippen LogP contribution in [-0.2, 0) is 12.8 Å². The van der Waals surface area contributed by atoms with Crippen LogP contribution in [-0.4, -0.2) is 10.7 Å². The topological polar surface area (TPSA) is 9.23 Å². The Hall–Kier alpha value is 2.08. The standard InChI is InChI=1S/C16H10Br8O/c17-3-1-7-9(19)5-11(21)15(13(7)23)25-16-12(22)6-10(20)8(2-4-18)14(16)24/h5-6H,1-4H2. The van der Waals surface area contributed by atoms with Crippen LogP contribution in [0.3, 0.4) is 0 Å². The van der Waals surface area contributed by atoms with Crippen molar-refractivity contribution < 1.29 is 4.74 Å². The van der Waals surface area contributed by atoms with Crippen molar-refractivity contribution in [3.8, 4) is 11.5 Å². The van der Waals surface area contributed by atoms with Gasteiger partial charge in [-0.3, -0.25) is 0 Å². The lowest BCUT2D eigenvalue weighted by molar-refractivity contribution is 0.468. The van der Waals surface area contributed by atoms with E-state index in [0.717, 1.165) is 73.0 Å². The second-order valence-electron chi connectivity index (χ2n) is 4.90. The van der Waals surface area contributed by atoms with Gasteiger partial charge in [0.1, 0.15) is 0 Å². The number of ether oxygens (including phenoxy) is 1. The first-order valence-corrected chi connectivity index (χ1v) is 13.9. The minimum atomic E-state index is 0.743. The number of rotatable bonds is 6. The second-order valence-corrected chi connectivity index (χ2v) is 11.5. The molecule has 0 spiro atoms. The van der Waals surface area contributed by atoms with Crippen molar-refractivity contribution in [1.29, 1.82) is 0 Å². The van der Waals surface area contributed by atoms with Crippen molar-refractivity contribution in [2.75, 3.05) is 10.7 Å². The third-order valence-corrected chi connectivity index (χ3v) is 8.40. The largest absolute Gasteiger partial charge is 0.453 e. The molecule has 0 fully saturated rings. The molecule has 9 heteroatoms. The monoisotopic (exact) mass is 849 g/mol. The minimum Gasteiger partial charge on any atom is -0.453 e. The van der Waals surface area contributed by atoms with Crippen LogP contribution in [0.4, 0.5) is 0 Å². The second kappa shape index (κ2) is 10.7. The van der Waals surface area contributed by atoms with Crippen LogP contribution in [0.15, 0.2) is 39.0 Å². The molecule has 136 valence electrons. The Balaban J connectivity index is 2.57. The van der Waals surface area contributed by atoms with E-state index in [1.165, 1.54) is 0 Å². The fourth-order valence-corrected chi connectivity index (χ4v) is 8.31. The quantitative estimate of drug-likeness (QED) is 0.263. The van der Waals surface area contributed by atoms with Crippen LogP contribution in [0.25, 0.3) is 0 Å². The highest BCUT2D eigenvalue weighted by atomic mass is 79.9. The van der Waals surface area contributed by atoms with E-state index in [2.05, 4.69) is 127 Å². The lowest BCUT2D eigenvalue weighted by atomic mass is 10.1. The fraction of sp³-hybridized carbons (Fsp3) is 0.250. The van der Waals surface area contributed by atoms with Crippen LogP contribution in [0, 0.1) is 0 Å². The lowest BCUT2D eigenvalue weighted by Gasteiger charge is -2.18. The Kier molecular flexibility index (Phi) is 10.0. The molecule has 0 radical (unpaired) electrons. The van der Waals surface area contributed by atoms with Crippen LogP contribution in [0.5, 0.6) is 11.5 Å². The summed E-state index contributed by atoms with van der Waals surface area (Å²) in [4.78, 5) is 0. The van der Waals surface area contributed by atoms with E-state index >= 15 is 0 Å². The first-order valence-electron chi connectivity index (χ1n) is 6.94. The summed E-state index contributed by atoms with van der Waals surface area (Å²) < 4.78 is 12.0. The van der Waals surface area contributed by atoms with Crippen molar-refractivity contribution >= 4 is 127 Å². The van der Waals surface area contributed by atoms with Crippen LogP contribution >= 0.6 is 127 Å². The predicted molar refractivity (Wildman–Crippen MR) is 134 cm³/mol. The lowest BCUT2D eigenvalue weighted by Crippen LogP contribution is -1.98. The molecule has 0 saturated carbocycles. The van der Waals surface area contributed by atoms with Crippen molar-refractivity contribution in [3.63, 3.8) is 0 Å². The maximum absolute atomic E-state index is 6.33. The average molecular weight is 857 g/mol. The molecule has 2 aromatic carbocycles. The highest BCUT2D eigenvalue weighted by Crippen LogP contribution is 2.48. The number of hydrogen-bond donors (Lipinski definition) is 0. The molecule has 1 nitrogen and oxygen atoms in total. The molecule has 0 amide bonds. The molecule has 2 rings (SSSR count). The summed E-state index contributed by atoms with van der Waals surface area (Å²) in [5, 5.41) is 1.73. The molecule has 0 aliphatic carbocycles. The highest BCUT2D eigenvalue weighted by molar-refractivity contribution is 9.12. The smallest absolute Gasteiger partial charge is 0.156 e. The van der Waals surface area contributed by atoms with Crippen LogP contribution in [0.1, 0.15) is 11.1 Å². The maximum atomic E-state index is 6.33. The van der Waals surface area contributed by atoms with Gasteiger partial charge < -0.3 is 4.74 Å². The normalized spacial score (nSPS) is 11.0. The fourth-order valence-electron chi connectivity index (χ4n) is 2.16. The number of alkyl halides is 2. The third kappa shape index (κ3) is 5.58. The van der Waals surface area contributed by atoms with Crippen molar-refractivity contribution in [3.05, 3.63) is 50.1 Å². The SMILES string of the molecule is BrCCc1c(Br)cc(Br)c(Oc2c(Br)cc(Br)c(CCBr)c2Br)c1Br. The molecule has 25 heavy (non-hydrogen) atoms. The molecule has 0 bridgehead atoms. The van der Waals surface area contributed by atoms with Crippen molar-refractivity contribution in [1.82, 2.24) is 0 Å². The van der Waals surface area contributed by atoms with E-state index in [1.54, 1.807) is 0 Å². The molecule has 0 aliphatic heterocycles. The molecule has 0 aliphatic rings. The van der Waals surface area contributed by atoms with Gasteiger partial charge in [-0.2, -0.15) is 0 Å². The Labute approximate surface area is 214 Å². The maximum Gasteiger partial charge on any atom is 0.156 e. The summed E-state index contributed by atoms with van der Waals surface area (Å²) in [7, 11) is 0. The Morgan fingerprint density at radius 1 is 0.600 bits per heavy atom. The van der Waals surface area contributed by atoms with Gasteiger partial charge in [0.05, 0.1) is 17.9 Å². The van der Waals surface area contributed by atoms with Crippen molar-refractivity contribution in [2.45, 2.75) is 12.8 Å². The van der Waals surface area contributed by atoms with E-state index < -0.39 is 0 Å². The zero-order valence-corrected chi connectivity index (χ0v) is 25.1. The van der Waals surface area contributed by atoms with E-state index in [4.69, 9.17) is 4.74 Å². The molecule has 0 atom stereocenters. The van der Waals surface area contributed by atoms with Gasteiger partial charge in [-0.25, -0.2) is 0 Å². The zero-order valence-electron chi connectivity index (χ0n) is 12.4. The van der Waals surface area contributed by atoms with Crippen molar-refractivity contribution in [2.24, 2.45) is 0 Å². The van der Waals surface area contributed by atoms with Gasteiger partial charge >= 0.3 is 0 Å². The molecular weight excluding hydrogens is 847 g/mol. The minimum absolute atomic E-state index is 0.743. The van der Waals surface area contributed by atoms with Gasteiger partial charge in [-0.05, 0) is 99.8 Å². The van der Waals surface area contributed by atoms with E-state index in [0.29, 0.717) is 0 Å². The molecule has 0 N–H and O–H groups in total. The summed E-state index contributed by atoms with van der Waals surface area (Å²) >= 11 is 28.9. The molecule has 0 heterocycles. The molecule has 0 saturated heterocycles. The molecule has 0 unspecified atom stereocenters. The summed E-state index contributed by atoms with van der Waals surface area (Å²) in [6, 6.07) is 4.02. The molecular formula is C16H10Br8O. The van der Waals surface area contributed by atoms with Gasteiger partial charge in [-0.15, -0.1) is 0 Å². The van der Waals surface area contributed by atoms with E-state index in [9.17, 15) is 0 Å². The third-order valence-electron chi connectivity index (χ3n) is 3.34. The average Bonchev–Trinajstić information content (AvgIpc) is 2.54. The zero-order chi connectivity index (χ0) is 18.7. The highest BCUT2D eigenvalue weighted by Gasteiger charge is 2.20. The van der Waals surface area contributed by atoms with Gasteiger partial charge in [0.2, 0.25) is 0 Å². The predicted octanol–water partition coefficient (Wildman–Crippen LogP) is 9.93. The molecule has 0 aromatic heterocycles. The number of benzene rings is 2. The van der Waals surface area contributed by atoms with Gasteiger partial charge in [0.15, 0.2) is 11.5 Å². The Bertz CT molecular complexity index is 725. The molecule has 2 aromatic rings. The Morgan fingerprint density at radius 3 is 1.28 bits per heavy atom. The van der Waals surface area contributed by atoms with Crippen LogP contribution < -0.4 is 4.74 Å². The van der Waals surface area contributed by atoms with E-state index in [1.807, 2.05) is 12.1 Å². The Morgan fingerprint density at radius 2 is 0.960 bits per heavy atom. The number of halogens is 8. The van der Waals surface area contributed by atoms with Crippen LogP contribution in [0.2, 0.25) is 0 Å². The van der Waals surface area contributed by atoms with Gasteiger partial charge in [-0.1, -0.05) is 63.7 Å². The van der Waals surface area contributed by atoms with E-state index in [-0.39, 0.29) is 0 Å². The first-order chi connectivity index (χ1) is 11.8. The van der Waals surface area contributed by atoms with Gasteiger partial charge in [0.25, 0.3) is 0 Å². The summed E-state index contributed by atoms with van der Waals surface area (Å²) in [6.45, 7) is 0.